The van der Waals surface area contributed by atoms with Crippen molar-refractivity contribution in [3.8, 4) is 0 Å². The minimum absolute atomic E-state index is 0.0197. The maximum absolute atomic E-state index is 11.8. The molecule has 0 aromatic rings. The van der Waals surface area contributed by atoms with Gasteiger partial charge in [0.15, 0.2) is 6.29 Å². The molecule has 0 bridgehead atoms. The minimum Gasteiger partial charge on any atom is -0.480 e. The first-order valence-corrected chi connectivity index (χ1v) is 23.3. The Morgan fingerprint density at radius 2 is 0.934 bits per heavy atom. The number of aliphatic hydroxyl groups is 4. The number of unbranched alkanes of at least 4 members (excludes halogenated alkanes) is 14. The molecule has 0 saturated carbocycles. The van der Waals surface area contributed by atoms with Crippen molar-refractivity contribution in [2.24, 2.45) is 0 Å². The van der Waals surface area contributed by atoms with E-state index in [9.17, 15) is 49.8 Å². The second-order valence-electron chi connectivity index (χ2n) is 17.1. The lowest BCUT2D eigenvalue weighted by molar-refractivity contribution is -0.301. The van der Waals surface area contributed by atoms with Crippen LogP contribution in [-0.2, 0) is 28.7 Å². The predicted molar refractivity (Wildman–Crippen MR) is 230 cm³/mol. The van der Waals surface area contributed by atoms with E-state index < -0.39 is 49.3 Å². The lowest BCUT2D eigenvalue weighted by atomic mass is 9.99. The normalized spacial score (nSPS) is 24.7. The Bertz CT molecular complexity index is 1260. The first-order chi connectivity index (χ1) is 29.5. The molecule has 0 aromatic carbocycles. The summed E-state index contributed by atoms with van der Waals surface area (Å²) in [6, 6.07) is 0. The van der Waals surface area contributed by atoms with E-state index >= 15 is 0 Å². The van der Waals surface area contributed by atoms with Crippen molar-refractivity contribution in [3.05, 3.63) is 12.2 Å². The van der Waals surface area contributed by atoms with Gasteiger partial charge in [0.25, 0.3) is 11.8 Å². The summed E-state index contributed by atoms with van der Waals surface area (Å²) in [6.07, 6.45) is 14.9. The predicted octanol–water partition coefficient (Wildman–Crippen LogP) is 2.14. The van der Waals surface area contributed by atoms with Crippen LogP contribution in [0.5, 0.6) is 0 Å². The van der Waals surface area contributed by atoms with Gasteiger partial charge < -0.3 is 49.9 Å². The van der Waals surface area contributed by atoms with Gasteiger partial charge in [-0.1, -0.05) is 77.0 Å². The highest BCUT2D eigenvalue weighted by molar-refractivity contribution is 6.12. The second-order valence-corrected chi connectivity index (χ2v) is 17.1. The average molecular weight is 870 g/mol. The molecule has 2 unspecified atom stereocenters. The van der Waals surface area contributed by atoms with Crippen molar-refractivity contribution in [1.82, 2.24) is 24.5 Å². The molecule has 61 heavy (non-hydrogen) atoms. The lowest BCUT2D eigenvalue weighted by Gasteiger charge is -2.39. The minimum atomic E-state index is -1.44. The Morgan fingerprint density at radius 3 is 1.38 bits per heavy atom. The van der Waals surface area contributed by atoms with Gasteiger partial charge >= 0.3 is 11.9 Å². The van der Waals surface area contributed by atoms with Gasteiger partial charge in [-0.15, -0.1) is 0 Å². The highest BCUT2D eigenvalue weighted by Gasteiger charge is 2.44. The highest BCUT2D eigenvalue weighted by Crippen LogP contribution is 2.22. The van der Waals surface area contributed by atoms with Crippen molar-refractivity contribution in [2.75, 3.05) is 98.3 Å². The zero-order valence-corrected chi connectivity index (χ0v) is 36.7. The van der Waals surface area contributed by atoms with E-state index in [4.69, 9.17) is 9.47 Å². The van der Waals surface area contributed by atoms with Gasteiger partial charge in [0, 0.05) is 64.6 Å². The molecular weight excluding hydrogens is 791 g/mol. The van der Waals surface area contributed by atoms with Crippen LogP contribution >= 0.6 is 0 Å². The van der Waals surface area contributed by atoms with Crippen LogP contribution in [0, 0.1) is 0 Å². The molecule has 17 nitrogen and oxygen atoms in total. The van der Waals surface area contributed by atoms with Crippen LogP contribution in [-0.4, -0.2) is 208 Å². The first-order valence-electron chi connectivity index (χ1n) is 23.3. The van der Waals surface area contributed by atoms with Gasteiger partial charge in [0.05, 0.1) is 19.7 Å². The lowest BCUT2D eigenvalue weighted by Crippen LogP contribution is -2.59. The third-order valence-corrected chi connectivity index (χ3v) is 12.1. The third kappa shape index (κ3) is 22.1. The smallest absolute Gasteiger partial charge is 0.317 e. The molecule has 0 aromatic heterocycles. The van der Waals surface area contributed by atoms with Gasteiger partial charge in [0.1, 0.15) is 24.4 Å². The average Bonchev–Trinajstić information content (AvgIpc) is 3.55. The van der Waals surface area contributed by atoms with Crippen LogP contribution in [0.3, 0.4) is 0 Å². The molecule has 3 aliphatic heterocycles. The molecule has 3 rings (SSSR count). The second kappa shape index (κ2) is 31.3. The third-order valence-electron chi connectivity index (χ3n) is 12.1. The number of carboxylic acids is 2. The number of imide groups is 1. The maximum Gasteiger partial charge on any atom is 0.317 e. The van der Waals surface area contributed by atoms with Crippen LogP contribution in [0.4, 0.5) is 0 Å². The molecule has 17 heteroatoms. The fourth-order valence-electron chi connectivity index (χ4n) is 8.41. The molecule has 2 amide bonds. The van der Waals surface area contributed by atoms with Crippen LogP contribution in [0.2, 0.25) is 0 Å². The number of aliphatic carboxylic acids is 2. The zero-order valence-electron chi connectivity index (χ0n) is 36.7. The number of ether oxygens (including phenoxy) is 2. The van der Waals surface area contributed by atoms with Gasteiger partial charge in [0.2, 0.25) is 0 Å². The van der Waals surface area contributed by atoms with Crippen molar-refractivity contribution < 1.29 is 59.3 Å². The SMILES string of the molecule is O=C(O)CN1CCCN(CCCCCCCCCCN2C(=O)C=CC2=O)CCN(CC(=O)O)CCCN(CCCCCCCCCCO[C@@H]2OC(CO)[C@@H](O)[C@H](O)C2O)CC1. The summed E-state index contributed by atoms with van der Waals surface area (Å²) < 4.78 is 11.0. The van der Waals surface area contributed by atoms with Crippen molar-refractivity contribution in [2.45, 2.75) is 146 Å². The number of aliphatic hydroxyl groups excluding tert-OH is 4. The monoisotopic (exact) mass is 870 g/mol. The fraction of sp³-hybridized carbons (Fsp3) is 0.864. The molecule has 6 N–H and O–H groups in total. The molecule has 2 saturated heterocycles. The molecular formula is C44H79N5O12. The Hall–Kier alpha value is -2.58. The zero-order chi connectivity index (χ0) is 44.2. The number of hydrogen-bond acceptors (Lipinski definition) is 14. The number of rotatable bonds is 28. The van der Waals surface area contributed by atoms with E-state index in [2.05, 4.69) is 19.6 Å². The molecule has 2 fully saturated rings. The number of hydrogen-bond donors (Lipinski definition) is 6. The summed E-state index contributed by atoms with van der Waals surface area (Å²) in [4.78, 5) is 57.2. The quantitative estimate of drug-likeness (QED) is 0.0490. The summed E-state index contributed by atoms with van der Waals surface area (Å²) in [7, 11) is 0. The fourth-order valence-corrected chi connectivity index (χ4v) is 8.41. The summed E-state index contributed by atoms with van der Waals surface area (Å²) in [5.74, 6) is -2.06. The van der Waals surface area contributed by atoms with Crippen LogP contribution < -0.4 is 0 Å². The summed E-state index contributed by atoms with van der Waals surface area (Å²) in [5, 5.41) is 58.6. The molecule has 3 aliphatic rings. The van der Waals surface area contributed by atoms with Crippen molar-refractivity contribution in [1.29, 1.82) is 0 Å². The van der Waals surface area contributed by atoms with Crippen molar-refractivity contribution in [3.63, 3.8) is 0 Å². The Labute approximate surface area is 363 Å². The maximum atomic E-state index is 11.8. The Balaban J connectivity index is 1.32. The number of carbonyl (C=O) groups excluding carboxylic acids is 2. The Kier molecular flexibility index (Phi) is 27.1. The van der Waals surface area contributed by atoms with Gasteiger partial charge in [-0.25, -0.2) is 0 Å². The molecule has 3 heterocycles. The van der Waals surface area contributed by atoms with Crippen LogP contribution in [0.25, 0.3) is 0 Å². The van der Waals surface area contributed by atoms with E-state index in [0.717, 1.165) is 155 Å². The molecule has 0 spiro atoms. The van der Waals surface area contributed by atoms with Crippen LogP contribution in [0.15, 0.2) is 12.2 Å². The molecule has 5 atom stereocenters. The number of carbonyl (C=O) groups is 4. The molecule has 0 radical (unpaired) electrons. The van der Waals surface area contributed by atoms with Gasteiger partial charge in [-0.05, 0) is 64.7 Å². The summed E-state index contributed by atoms with van der Waals surface area (Å²) in [6.45, 7) is 8.24. The van der Waals surface area contributed by atoms with E-state index in [0.29, 0.717) is 39.3 Å². The van der Waals surface area contributed by atoms with Gasteiger partial charge in [-0.3, -0.25) is 33.9 Å². The van der Waals surface area contributed by atoms with E-state index in [1.807, 2.05) is 0 Å². The summed E-state index contributed by atoms with van der Waals surface area (Å²) in [5.41, 5.74) is 0. The Morgan fingerprint density at radius 1 is 0.541 bits per heavy atom. The van der Waals surface area contributed by atoms with Crippen molar-refractivity contribution >= 4 is 23.8 Å². The van der Waals surface area contributed by atoms with Gasteiger partial charge in [-0.2, -0.15) is 0 Å². The van der Waals surface area contributed by atoms with E-state index in [1.54, 1.807) is 0 Å². The number of carboxylic acid groups (broad SMARTS) is 2. The number of nitrogens with zero attached hydrogens (tertiary/aromatic N) is 5. The van der Waals surface area contributed by atoms with E-state index in [1.165, 1.54) is 17.1 Å². The largest absolute Gasteiger partial charge is 0.480 e. The standard InChI is InChI=1S/C44H79N5O12/c50-35-36-41(57)42(58)43(59)44(61-36)60-32-16-12-8-4-3-6-10-14-22-46-24-18-26-47(33-39(53)54)30-28-45(23-17-25-48(31-29-46)34-40(55)56)21-13-9-5-1-2-7-11-15-27-49-37(51)19-20-38(49)52/h19-20,36,41-44,50,57-59H,1-18,21-35H2,(H,53,54)(H,55,56)/t36?,41-,42+,43?,44-/m1/s1. The topological polar surface area (TPSA) is 224 Å². The number of amides is 2. The van der Waals surface area contributed by atoms with Crippen LogP contribution in [0.1, 0.15) is 116 Å². The molecule has 352 valence electrons. The first kappa shape index (κ1) is 52.8. The highest BCUT2D eigenvalue weighted by atomic mass is 16.7. The summed E-state index contributed by atoms with van der Waals surface area (Å²) >= 11 is 0. The molecule has 0 aliphatic carbocycles. The van der Waals surface area contributed by atoms with E-state index in [-0.39, 0.29) is 24.9 Å².